The van der Waals surface area contributed by atoms with Crippen LogP contribution in [0.2, 0.25) is 0 Å². The predicted octanol–water partition coefficient (Wildman–Crippen LogP) is 0.493. The van der Waals surface area contributed by atoms with Gasteiger partial charge in [-0.1, -0.05) is 0 Å². The lowest BCUT2D eigenvalue weighted by molar-refractivity contribution is 0.545. The lowest BCUT2D eigenvalue weighted by atomic mass is 10.4. The largest absolute Gasteiger partial charge is 0.408 e. The number of hydrogen-bond donors (Lipinski definition) is 1. The number of aromatic amines is 1. The number of H-pyrrole nitrogens is 1. The van der Waals surface area contributed by atoms with Crippen molar-refractivity contribution in [2.45, 2.75) is 0 Å². The highest BCUT2D eigenvalue weighted by molar-refractivity contribution is 7.71. The molecule has 0 aliphatic carbocycles. The van der Waals surface area contributed by atoms with Gasteiger partial charge in [0.25, 0.3) is 16.3 Å². The van der Waals surface area contributed by atoms with Gasteiger partial charge < -0.3 is 4.42 Å². The molecule has 0 saturated heterocycles. The Morgan fingerprint density at radius 2 is 2.36 bits per heavy atom. The van der Waals surface area contributed by atoms with Crippen molar-refractivity contribution in [1.29, 1.82) is 0 Å². The summed E-state index contributed by atoms with van der Waals surface area (Å²) in [5, 5.41) is 10.2. The van der Waals surface area contributed by atoms with Crippen molar-refractivity contribution in [2.75, 3.05) is 0 Å². The van der Waals surface area contributed by atoms with Gasteiger partial charge in [0.1, 0.15) is 5.69 Å². The summed E-state index contributed by atoms with van der Waals surface area (Å²) in [5.41, 5.74) is 0.266. The molecular formula is C7H6N4O2S. The monoisotopic (exact) mass is 210 g/mol. The van der Waals surface area contributed by atoms with Crippen LogP contribution >= 0.6 is 12.2 Å². The molecule has 0 aliphatic heterocycles. The van der Waals surface area contributed by atoms with Gasteiger partial charge >= 0.3 is 0 Å². The minimum Gasteiger partial charge on any atom is -0.408 e. The van der Waals surface area contributed by atoms with Crippen LogP contribution in [0.5, 0.6) is 0 Å². The summed E-state index contributed by atoms with van der Waals surface area (Å²) >= 11 is 4.71. The molecule has 0 amide bonds. The van der Waals surface area contributed by atoms with Gasteiger partial charge in [0.15, 0.2) is 0 Å². The first kappa shape index (κ1) is 8.82. The van der Waals surface area contributed by atoms with Crippen LogP contribution in [-0.2, 0) is 7.05 Å². The fourth-order valence-corrected chi connectivity index (χ4v) is 1.08. The first-order valence-corrected chi connectivity index (χ1v) is 4.18. The van der Waals surface area contributed by atoms with E-state index >= 15 is 0 Å². The van der Waals surface area contributed by atoms with Crippen LogP contribution in [0.25, 0.3) is 11.6 Å². The average molecular weight is 210 g/mol. The van der Waals surface area contributed by atoms with Crippen molar-refractivity contribution in [3.05, 3.63) is 27.3 Å². The van der Waals surface area contributed by atoms with Crippen molar-refractivity contribution >= 4 is 12.2 Å². The van der Waals surface area contributed by atoms with E-state index in [-0.39, 0.29) is 16.3 Å². The second-order valence-corrected chi connectivity index (χ2v) is 2.97. The maximum atomic E-state index is 11.0. The Morgan fingerprint density at radius 1 is 1.57 bits per heavy atom. The lowest BCUT2D eigenvalue weighted by Gasteiger charge is -1.96. The van der Waals surface area contributed by atoms with E-state index in [4.69, 9.17) is 16.6 Å². The van der Waals surface area contributed by atoms with Crippen LogP contribution in [-0.4, -0.2) is 20.0 Å². The van der Waals surface area contributed by atoms with Crippen LogP contribution in [0.4, 0.5) is 0 Å². The molecule has 0 fully saturated rings. The molecule has 2 heterocycles. The van der Waals surface area contributed by atoms with E-state index in [0.29, 0.717) is 5.69 Å². The first-order chi connectivity index (χ1) is 6.66. The fraction of sp³-hybridized carbons (Fsp3) is 0.143. The Morgan fingerprint density at radius 3 is 2.93 bits per heavy atom. The maximum absolute atomic E-state index is 11.0. The molecule has 1 N–H and O–H groups in total. The Labute approximate surface area is 83.2 Å². The number of nitrogens with one attached hydrogen (secondary N) is 1. The molecule has 0 aromatic carbocycles. The minimum atomic E-state index is -0.192. The topological polar surface area (TPSA) is 76.7 Å². The summed E-state index contributed by atoms with van der Waals surface area (Å²) in [4.78, 5) is 11.2. The van der Waals surface area contributed by atoms with Crippen molar-refractivity contribution in [3.8, 4) is 11.6 Å². The molecule has 7 heteroatoms. The Balaban J connectivity index is 2.58. The molecule has 0 radical (unpaired) electrons. The molecule has 0 spiro atoms. The van der Waals surface area contributed by atoms with E-state index < -0.39 is 0 Å². The quantitative estimate of drug-likeness (QED) is 0.693. The molecule has 14 heavy (non-hydrogen) atoms. The zero-order chi connectivity index (χ0) is 10.1. The van der Waals surface area contributed by atoms with Gasteiger partial charge in [-0.05, 0) is 18.3 Å². The number of rotatable bonds is 1. The molecule has 2 rings (SSSR count). The zero-order valence-electron chi connectivity index (χ0n) is 7.22. The molecule has 0 saturated carbocycles. The SMILES string of the molecule is Cn1nc(-c2n[nH]c(=S)o2)ccc1=O. The fourth-order valence-electron chi connectivity index (χ4n) is 0.956. The van der Waals surface area contributed by atoms with Crippen LogP contribution in [0, 0.1) is 4.84 Å². The van der Waals surface area contributed by atoms with E-state index in [2.05, 4.69) is 15.3 Å². The van der Waals surface area contributed by atoms with Crippen LogP contribution in [0.3, 0.4) is 0 Å². The third-order valence-corrected chi connectivity index (χ3v) is 1.79. The molecule has 2 aromatic heterocycles. The maximum Gasteiger partial charge on any atom is 0.284 e. The van der Waals surface area contributed by atoms with Gasteiger partial charge in [0, 0.05) is 13.1 Å². The Kier molecular flexibility index (Phi) is 2.01. The van der Waals surface area contributed by atoms with Crippen LogP contribution in [0.15, 0.2) is 21.3 Å². The number of hydrogen-bond acceptors (Lipinski definition) is 5. The highest BCUT2D eigenvalue weighted by Crippen LogP contribution is 2.10. The Bertz CT molecular complexity index is 567. The second-order valence-electron chi connectivity index (χ2n) is 2.60. The van der Waals surface area contributed by atoms with Gasteiger partial charge in [0.05, 0.1) is 0 Å². The van der Waals surface area contributed by atoms with Crippen molar-refractivity contribution in [3.63, 3.8) is 0 Å². The molecular weight excluding hydrogens is 204 g/mol. The first-order valence-electron chi connectivity index (χ1n) is 3.77. The predicted molar refractivity (Wildman–Crippen MR) is 50.2 cm³/mol. The summed E-state index contributed by atoms with van der Waals surface area (Å²) < 4.78 is 6.23. The molecule has 0 bridgehead atoms. The third kappa shape index (κ3) is 1.49. The normalized spacial score (nSPS) is 10.4. The highest BCUT2D eigenvalue weighted by atomic mass is 32.1. The molecule has 0 atom stereocenters. The second kappa shape index (κ2) is 3.18. The third-order valence-electron chi connectivity index (χ3n) is 1.62. The summed E-state index contributed by atoms with van der Waals surface area (Å²) in [5.74, 6) is 0.269. The molecule has 0 aliphatic rings. The van der Waals surface area contributed by atoms with Crippen molar-refractivity contribution in [2.24, 2.45) is 7.05 Å². The van der Waals surface area contributed by atoms with E-state index in [1.165, 1.54) is 16.8 Å². The Hall–Kier alpha value is -1.76. The van der Waals surface area contributed by atoms with Gasteiger partial charge in [-0.3, -0.25) is 4.79 Å². The summed E-state index contributed by atoms with van der Waals surface area (Å²) in [6.45, 7) is 0. The molecule has 0 unspecified atom stereocenters. The lowest BCUT2D eigenvalue weighted by Crippen LogP contribution is -2.18. The summed E-state index contributed by atoms with van der Waals surface area (Å²) in [6.07, 6.45) is 0. The number of aryl methyl sites for hydroxylation is 1. The number of aromatic nitrogens is 4. The number of nitrogens with zero attached hydrogens (tertiary/aromatic N) is 3. The summed E-state index contributed by atoms with van der Waals surface area (Å²) in [7, 11) is 1.55. The van der Waals surface area contributed by atoms with Crippen molar-refractivity contribution in [1.82, 2.24) is 20.0 Å². The van der Waals surface area contributed by atoms with Crippen LogP contribution in [0.1, 0.15) is 0 Å². The van der Waals surface area contributed by atoms with Gasteiger partial charge in [0.2, 0.25) is 0 Å². The van der Waals surface area contributed by atoms with Crippen molar-refractivity contribution < 1.29 is 4.42 Å². The van der Waals surface area contributed by atoms with E-state index in [1.54, 1.807) is 7.05 Å². The smallest absolute Gasteiger partial charge is 0.284 e. The van der Waals surface area contributed by atoms with E-state index in [9.17, 15) is 4.79 Å². The van der Waals surface area contributed by atoms with Gasteiger partial charge in [-0.2, -0.15) is 5.10 Å². The zero-order valence-corrected chi connectivity index (χ0v) is 8.04. The van der Waals surface area contributed by atoms with Gasteiger partial charge in [-0.25, -0.2) is 9.78 Å². The summed E-state index contributed by atoms with van der Waals surface area (Å²) in [6, 6.07) is 2.91. The minimum absolute atomic E-state index is 0.177. The molecule has 2 aromatic rings. The van der Waals surface area contributed by atoms with Gasteiger partial charge in [-0.15, -0.1) is 5.10 Å². The standard InChI is InChI=1S/C7H6N4O2S/c1-11-5(12)3-2-4(10-11)6-8-9-7(14)13-6/h2-3H,1H3,(H,9,14). The average Bonchev–Trinajstić information content (AvgIpc) is 2.57. The molecule has 72 valence electrons. The van der Waals surface area contributed by atoms with E-state index in [0.717, 1.165) is 0 Å². The van der Waals surface area contributed by atoms with E-state index in [1.807, 2.05) is 0 Å². The highest BCUT2D eigenvalue weighted by Gasteiger charge is 2.06. The molecule has 6 nitrogen and oxygen atoms in total. The van der Waals surface area contributed by atoms with Crippen LogP contribution < -0.4 is 5.56 Å².